The maximum Gasteiger partial charge on any atom is 0.238 e. The number of hydrogen-bond acceptors (Lipinski definition) is 3. The molecule has 0 fully saturated rings. The van der Waals surface area contributed by atoms with Crippen LogP contribution in [0.2, 0.25) is 0 Å². The second-order valence-electron chi connectivity index (χ2n) is 5.42. The molecule has 23 heavy (non-hydrogen) atoms. The van der Waals surface area contributed by atoms with Crippen LogP contribution >= 0.6 is 0 Å². The molecule has 0 saturated heterocycles. The molecular weight excluding hydrogens is 317 g/mol. The lowest BCUT2D eigenvalue weighted by molar-refractivity contribution is 0.340. The predicted octanol–water partition coefficient (Wildman–Crippen LogP) is 2.99. The van der Waals surface area contributed by atoms with Crippen molar-refractivity contribution in [2.24, 2.45) is 0 Å². The summed E-state index contributed by atoms with van der Waals surface area (Å²) < 4.78 is 44.9. The van der Waals surface area contributed by atoms with Gasteiger partial charge in [0, 0.05) is 6.54 Å². The van der Waals surface area contributed by atoms with Crippen LogP contribution in [0.15, 0.2) is 48.5 Å². The predicted molar refractivity (Wildman–Crippen MR) is 87.8 cm³/mol. The number of nitrogens with zero attached hydrogens (tertiary/aromatic N) is 1. The number of rotatable bonds is 5. The highest BCUT2D eigenvalue weighted by atomic mass is 32.2. The molecule has 1 aliphatic rings. The second kappa shape index (κ2) is 6.58. The van der Waals surface area contributed by atoms with Gasteiger partial charge in [-0.25, -0.2) is 12.8 Å². The summed E-state index contributed by atoms with van der Waals surface area (Å²) in [6.07, 6.45) is 1.71. The van der Waals surface area contributed by atoms with Gasteiger partial charge in [0.05, 0.1) is 5.69 Å². The average molecular weight is 335 g/mol. The lowest BCUT2D eigenvalue weighted by Crippen LogP contribution is -2.38. The Kier molecular flexibility index (Phi) is 4.52. The first-order valence-electron chi connectivity index (χ1n) is 7.53. The minimum absolute atomic E-state index is 0.0344. The van der Waals surface area contributed by atoms with Crippen molar-refractivity contribution in [3.05, 3.63) is 59.9 Å². The quantitative estimate of drug-likeness (QED) is 0.844. The van der Waals surface area contributed by atoms with E-state index in [2.05, 4.69) is 0 Å². The van der Waals surface area contributed by atoms with E-state index in [1.807, 2.05) is 24.3 Å². The van der Waals surface area contributed by atoms with Gasteiger partial charge in [0.25, 0.3) is 0 Å². The minimum atomic E-state index is -3.44. The van der Waals surface area contributed by atoms with Gasteiger partial charge in [-0.2, -0.15) is 0 Å². The molecule has 0 spiro atoms. The molecule has 0 bridgehead atoms. The Bertz CT molecular complexity index is 775. The molecule has 0 N–H and O–H groups in total. The van der Waals surface area contributed by atoms with Crippen molar-refractivity contribution in [1.29, 1.82) is 0 Å². The van der Waals surface area contributed by atoms with Crippen molar-refractivity contribution in [3.8, 4) is 5.75 Å². The van der Waals surface area contributed by atoms with E-state index in [4.69, 9.17) is 4.74 Å². The summed E-state index contributed by atoms with van der Waals surface area (Å²) in [5.74, 6) is -0.00541. The normalized spacial score (nSPS) is 14.4. The van der Waals surface area contributed by atoms with Crippen LogP contribution in [0.25, 0.3) is 0 Å². The van der Waals surface area contributed by atoms with E-state index < -0.39 is 10.0 Å². The monoisotopic (exact) mass is 335 g/mol. The lowest BCUT2D eigenvalue weighted by atomic mass is 10.0. The van der Waals surface area contributed by atoms with Crippen LogP contribution in [0.5, 0.6) is 5.75 Å². The van der Waals surface area contributed by atoms with Crippen molar-refractivity contribution in [1.82, 2.24) is 0 Å². The van der Waals surface area contributed by atoms with Crippen LogP contribution in [0, 0.1) is 5.82 Å². The Morgan fingerprint density at radius 1 is 1.09 bits per heavy atom. The van der Waals surface area contributed by atoms with E-state index in [0.29, 0.717) is 12.3 Å². The molecular formula is C17H18FNO3S. The molecule has 1 heterocycles. The van der Waals surface area contributed by atoms with E-state index in [1.54, 1.807) is 0 Å². The van der Waals surface area contributed by atoms with E-state index in [0.717, 1.165) is 24.1 Å². The van der Waals surface area contributed by atoms with E-state index in [-0.39, 0.29) is 18.2 Å². The van der Waals surface area contributed by atoms with Gasteiger partial charge in [-0.3, -0.25) is 4.31 Å². The Hall–Kier alpha value is -2.08. The van der Waals surface area contributed by atoms with Gasteiger partial charge in [0.2, 0.25) is 10.0 Å². The van der Waals surface area contributed by atoms with Crippen LogP contribution in [0.4, 0.5) is 10.1 Å². The molecule has 4 nitrogen and oxygen atoms in total. The number of halogens is 1. The third-order valence-corrected chi connectivity index (χ3v) is 5.56. The topological polar surface area (TPSA) is 46.6 Å². The molecule has 0 saturated carbocycles. The van der Waals surface area contributed by atoms with Crippen LogP contribution < -0.4 is 9.04 Å². The Labute approximate surface area is 135 Å². The molecule has 2 aromatic carbocycles. The maximum absolute atomic E-state index is 12.8. The number of hydrogen-bond donors (Lipinski definition) is 0. The summed E-state index contributed by atoms with van der Waals surface area (Å²) in [5, 5.41) is 0. The van der Waals surface area contributed by atoms with Crippen molar-refractivity contribution in [3.63, 3.8) is 0 Å². The average Bonchev–Trinajstić information content (AvgIpc) is 2.56. The van der Waals surface area contributed by atoms with Crippen molar-refractivity contribution in [2.75, 3.05) is 23.2 Å². The zero-order valence-corrected chi connectivity index (χ0v) is 13.4. The second-order valence-corrected chi connectivity index (χ2v) is 7.44. The van der Waals surface area contributed by atoms with E-state index >= 15 is 0 Å². The fourth-order valence-electron chi connectivity index (χ4n) is 2.69. The van der Waals surface area contributed by atoms with Crippen LogP contribution in [0.1, 0.15) is 12.0 Å². The number of sulfonamides is 1. The summed E-state index contributed by atoms with van der Waals surface area (Å²) in [5.41, 5.74) is 1.82. The molecule has 122 valence electrons. The molecule has 2 aromatic rings. The standard InChI is InChI=1S/C17H18FNO3S/c18-15-7-9-16(10-8-15)22-12-13-23(20,21)19-11-3-5-14-4-1-2-6-17(14)19/h1-2,4,6-10H,3,5,11-13H2. The maximum atomic E-state index is 12.8. The lowest BCUT2D eigenvalue weighted by Gasteiger charge is -2.30. The highest BCUT2D eigenvalue weighted by molar-refractivity contribution is 7.92. The summed E-state index contributed by atoms with van der Waals surface area (Å²) in [6.45, 7) is 0.530. The fraction of sp³-hybridized carbons (Fsp3) is 0.294. The SMILES string of the molecule is O=S(=O)(CCOc1ccc(F)cc1)N1CCCc2ccccc21. The number of aryl methyl sites for hydroxylation is 1. The summed E-state index contributed by atoms with van der Waals surface area (Å²) >= 11 is 0. The zero-order valence-electron chi connectivity index (χ0n) is 12.6. The fourth-order valence-corrected chi connectivity index (χ4v) is 4.09. The number of fused-ring (bicyclic) bond motifs is 1. The van der Waals surface area contributed by atoms with Gasteiger partial charge < -0.3 is 4.74 Å². The smallest absolute Gasteiger partial charge is 0.238 e. The summed E-state index contributed by atoms with van der Waals surface area (Å²) in [7, 11) is -3.44. The van der Waals surface area contributed by atoms with Crippen LogP contribution in [0.3, 0.4) is 0 Å². The first-order chi connectivity index (χ1) is 11.1. The summed E-state index contributed by atoms with van der Waals surface area (Å²) in [6, 6.07) is 13.1. The number of benzene rings is 2. The molecule has 0 aliphatic carbocycles. The summed E-state index contributed by atoms with van der Waals surface area (Å²) in [4.78, 5) is 0. The third kappa shape index (κ3) is 3.64. The molecule has 0 radical (unpaired) electrons. The van der Waals surface area contributed by atoms with Crippen molar-refractivity contribution in [2.45, 2.75) is 12.8 Å². The van der Waals surface area contributed by atoms with Gasteiger partial charge >= 0.3 is 0 Å². The van der Waals surface area contributed by atoms with Crippen LogP contribution in [-0.2, 0) is 16.4 Å². The molecule has 0 unspecified atom stereocenters. The number of anilines is 1. The van der Waals surface area contributed by atoms with Gasteiger partial charge in [-0.1, -0.05) is 18.2 Å². The zero-order chi connectivity index (χ0) is 16.3. The van der Waals surface area contributed by atoms with Gasteiger partial charge in [0.1, 0.15) is 23.9 Å². The molecule has 3 rings (SSSR count). The first kappa shape index (κ1) is 15.8. The minimum Gasteiger partial charge on any atom is -0.492 e. The van der Waals surface area contributed by atoms with Gasteiger partial charge in [-0.15, -0.1) is 0 Å². The van der Waals surface area contributed by atoms with Gasteiger partial charge in [0.15, 0.2) is 0 Å². The first-order valence-corrected chi connectivity index (χ1v) is 9.14. The molecule has 1 aliphatic heterocycles. The largest absolute Gasteiger partial charge is 0.492 e. The van der Waals surface area contributed by atoms with E-state index in [9.17, 15) is 12.8 Å². The highest BCUT2D eigenvalue weighted by Crippen LogP contribution is 2.29. The molecule has 0 aromatic heterocycles. The Balaban J connectivity index is 1.67. The highest BCUT2D eigenvalue weighted by Gasteiger charge is 2.26. The number of para-hydroxylation sites is 1. The molecule has 6 heteroatoms. The molecule has 0 atom stereocenters. The van der Waals surface area contributed by atoms with E-state index in [1.165, 1.54) is 28.6 Å². The molecule has 0 amide bonds. The van der Waals surface area contributed by atoms with Crippen molar-refractivity contribution >= 4 is 15.7 Å². The Morgan fingerprint density at radius 2 is 1.83 bits per heavy atom. The third-order valence-electron chi connectivity index (χ3n) is 3.83. The Morgan fingerprint density at radius 3 is 2.61 bits per heavy atom. The van der Waals surface area contributed by atoms with Crippen LogP contribution in [-0.4, -0.2) is 27.3 Å². The number of ether oxygens (including phenoxy) is 1. The van der Waals surface area contributed by atoms with Gasteiger partial charge in [-0.05, 0) is 48.7 Å². The van der Waals surface area contributed by atoms with Crippen molar-refractivity contribution < 1.29 is 17.5 Å².